The van der Waals surface area contributed by atoms with E-state index in [1.165, 1.54) is 36.8 Å². The molecule has 0 aliphatic rings. The van der Waals surface area contributed by atoms with Crippen molar-refractivity contribution in [1.29, 1.82) is 0 Å². The number of nitrogens with zero attached hydrogens (tertiary/aromatic N) is 2. The van der Waals surface area contributed by atoms with Crippen LogP contribution >= 0.6 is 0 Å². The molecule has 2 amide bonds. The Labute approximate surface area is 107 Å². The van der Waals surface area contributed by atoms with Crippen molar-refractivity contribution >= 4 is 11.8 Å². The first-order valence-corrected chi connectivity index (χ1v) is 5.29. The second-order valence-corrected chi connectivity index (χ2v) is 3.48. The summed E-state index contributed by atoms with van der Waals surface area (Å²) >= 11 is 0. The first-order valence-electron chi connectivity index (χ1n) is 5.29. The zero-order chi connectivity index (χ0) is 13.7. The number of rotatable bonds is 2. The lowest BCUT2D eigenvalue weighted by Crippen LogP contribution is -2.42. The summed E-state index contributed by atoms with van der Waals surface area (Å²) in [5.41, 5.74) is 4.08. The van der Waals surface area contributed by atoms with E-state index in [1.807, 2.05) is 0 Å². The van der Waals surface area contributed by atoms with E-state index in [1.54, 1.807) is 0 Å². The molecule has 0 saturated heterocycles. The minimum Gasteiger partial charge on any atom is -0.267 e. The molecule has 0 aliphatic heterocycles. The Hall–Kier alpha value is -2.83. The molecule has 2 N–H and O–H groups in total. The van der Waals surface area contributed by atoms with Gasteiger partial charge in [-0.15, -0.1) is 0 Å². The van der Waals surface area contributed by atoms with Crippen LogP contribution in [0.2, 0.25) is 0 Å². The fraction of sp³-hybridized carbons (Fsp3) is 0. The molecule has 0 bridgehead atoms. The lowest BCUT2D eigenvalue weighted by atomic mass is 10.2. The Morgan fingerprint density at radius 1 is 1.05 bits per heavy atom. The van der Waals surface area contributed by atoms with Gasteiger partial charge < -0.3 is 0 Å². The van der Waals surface area contributed by atoms with Crippen LogP contribution in [-0.4, -0.2) is 21.8 Å². The van der Waals surface area contributed by atoms with E-state index in [-0.39, 0.29) is 11.3 Å². The summed E-state index contributed by atoms with van der Waals surface area (Å²) in [6.07, 6.45) is 3.99. The second-order valence-electron chi connectivity index (χ2n) is 3.48. The molecule has 1 heterocycles. The smallest absolute Gasteiger partial charge is 0.267 e. The van der Waals surface area contributed by atoms with Crippen molar-refractivity contribution in [3.05, 3.63) is 59.9 Å². The minimum atomic E-state index is -0.754. The van der Waals surface area contributed by atoms with E-state index in [0.717, 1.165) is 6.07 Å². The number of carbonyl (C=O) groups excluding carboxylic acids is 2. The fourth-order valence-electron chi connectivity index (χ4n) is 1.31. The Bertz CT molecular complexity index is 604. The number of halogens is 1. The summed E-state index contributed by atoms with van der Waals surface area (Å²) < 4.78 is 13.3. The van der Waals surface area contributed by atoms with Crippen molar-refractivity contribution in [2.75, 3.05) is 0 Å². The summed E-state index contributed by atoms with van der Waals surface area (Å²) in [6.45, 7) is 0. The Morgan fingerprint density at radius 2 is 1.79 bits per heavy atom. The highest BCUT2D eigenvalue weighted by Gasteiger charge is 2.12. The van der Waals surface area contributed by atoms with Gasteiger partial charge in [-0.2, -0.15) is 0 Å². The maximum absolute atomic E-state index is 13.3. The van der Waals surface area contributed by atoms with Crippen molar-refractivity contribution in [3.8, 4) is 0 Å². The molecule has 6 nitrogen and oxygen atoms in total. The van der Waals surface area contributed by atoms with Crippen molar-refractivity contribution in [2.24, 2.45) is 0 Å². The first-order chi connectivity index (χ1) is 9.18. The Kier molecular flexibility index (Phi) is 3.77. The highest BCUT2D eigenvalue weighted by atomic mass is 19.1. The molecule has 0 atom stereocenters. The van der Waals surface area contributed by atoms with Gasteiger partial charge in [0.1, 0.15) is 11.5 Å². The molecule has 0 radical (unpaired) electrons. The zero-order valence-electron chi connectivity index (χ0n) is 9.63. The third-order valence-electron chi connectivity index (χ3n) is 2.20. The number of hydrogen-bond donors (Lipinski definition) is 2. The van der Waals surface area contributed by atoms with Crippen LogP contribution in [0, 0.1) is 5.82 Å². The molecule has 1 aromatic carbocycles. The molecule has 19 heavy (non-hydrogen) atoms. The summed E-state index contributed by atoms with van der Waals surface area (Å²) in [5.74, 6) is -2.07. The molecular formula is C12H9FN4O2. The molecule has 2 aromatic rings. The summed E-state index contributed by atoms with van der Waals surface area (Å²) in [4.78, 5) is 30.6. The summed E-state index contributed by atoms with van der Waals surface area (Å²) in [6, 6.07) is 5.44. The van der Waals surface area contributed by atoms with Crippen LogP contribution in [0.15, 0.2) is 42.9 Å². The van der Waals surface area contributed by atoms with Gasteiger partial charge in [0.05, 0.1) is 11.8 Å². The predicted molar refractivity (Wildman–Crippen MR) is 63.4 cm³/mol. The number of hydrazine groups is 1. The molecule has 0 fully saturated rings. The van der Waals surface area contributed by atoms with Crippen molar-refractivity contribution in [1.82, 2.24) is 20.8 Å². The van der Waals surface area contributed by atoms with Crippen molar-refractivity contribution in [3.63, 3.8) is 0 Å². The molecule has 1 aromatic heterocycles. The first kappa shape index (κ1) is 12.6. The largest absolute Gasteiger partial charge is 0.289 e. The lowest BCUT2D eigenvalue weighted by molar-refractivity contribution is 0.0841. The molecule has 0 spiro atoms. The Balaban J connectivity index is 1.98. The third-order valence-corrected chi connectivity index (χ3v) is 2.20. The number of carbonyl (C=O) groups is 2. The molecule has 0 saturated carbocycles. The SMILES string of the molecule is O=C(NNC(=O)c1ccccc1F)c1cnccn1. The van der Waals surface area contributed by atoms with Crippen LogP contribution in [0.1, 0.15) is 20.8 Å². The van der Waals surface area contributed by atoms with Gasteiger partial charge in [0.15, 0.2) is 0 Å². The maximum Gasteiger partial charge on any atom is 0.289 e. The van der Waals surface area contributed by atoms with E-state index in [9.17, 15) is 14.0 Å². The normalized spacial score (nSPS) is 9.74. The average Bonchev–Trinajstić information content (AvgIpc) is 2.46. The molecule has 2 rings (SSSR count). The molecular weight excluding hydrogens is 251 g/mol. The van der Waals surface area contributed by atoms with Crippen LogP contribution in [-0.2, 0) is 0 Å². The average molecular weight is 260 g/mol. The summed E-state index contributed by atoms with van der Waals surface area (Å²) in [5, 5.41) is 0. The van der Waals surface area contributed by atoms with Crippen LogP contribution in [0.5, 0.6) is 0 Å². The maximum atomic E-state index is 13.3. The van der Waals surface area contributed by atoms with Gasteiger partial charge in [-0.05, 0) is 12.1 Å². The van der Waals surface area contributed by atoms with Gasteiger partial charge in [0.25, 0.3) is 11.8 Å². The van der Waals surface area contributed by atoms with E-state index in [4.69, 9.17) is 0 Å². The number of amides is 2. The zero-order valence-corrected chi connectivity index (χ0v) is 9.63. The van der Waals surface area contributed by atoms with Gasteiger partial charge in [0.2, 0.25) is 0 Å². The molecule has 7 heteroatoms. The van der Waals surface area contributed by atoms with Crippen LogP contribution in [0.3, 0.4) is 0 Å². The summed E-state index contributed by atoms with van der Waals surface area (Å²) in [7, 11) is 0. The highest BCUT2D eigenvalue weighted by Crippen LogP contribution is 2.05. The van der Waals surface area contributed by atoms with Gasteiger partial charge in [-0.3, -0.25) is 25.4 Å². The van der Waals surface area contributed by atoms with E-state index in [2.05, 4.69) is 20.8 Å². The van der Waals surface area contributed by atoms with E-state index >= 15 is 0 Å². The molecule has 96 valence electrons. The van der Waals surface area contributed by atoms with Gasteiger partial charge >= 0.3 is 0 Å². The lowest BCUT2D eigenvalue weighted by Gasteiger charge is -2.07. The minimum absolute atomic E-state index is 0.0383. The number of hydrogen-bond acceptors (Lipinski definition) is 4. The second kappa shape index (κ2) is 5.67. The van der Waals surface area contributed by atoms with Crippen molar-refractivity contribution < 1.29 is 14.0 Å². The quantitative estimate of drug-likeness (QED) is 0.778. The van der Waals surface area contributed by atoms with E-state index < -0.39 is 17.6 Å². The van der Waals surface area contributed by atoms with Crippen LogP contribution < -0.4 is 10.9 Å². The third kappa shape index (κ3) is 3.09. The monoisotopic (exact) mass is 260 g/mol. The highest BCUT2D eigenvalue weighted by molar-refractivity contribution is 5.98. The van der Waals surface area contributed by atoms with Gasteiger partial charge in [0, 0.05) is 12.4 Å². The number of aromatic nitrogens is 2. The van der Waals surface area contributed by atoms with Gasteiger partial charge in [-0.1, -0.05) is 12.1 Å². The standard InChI is InChI=1S/C12H9FN4O2/c13-9-4-2-1-3-8(9)11(18)16-17-12(19)10-7-14-5-6-15-10/h1-7H,(H,16,18)(H,17,19). The molecule has 0 unspecified atom stereocenters. The topological polar surface area (TPSA) is 84.0 Å². The predicted octanol–water partition coefficient (Wildman–Crippen LogP) is 0.690. The number of nitrogens with one attached hydrogen (secondary N) is 2. The number of benzene rings is 1. The Morgan fingerprint density at radius 3 is 2.47 bits per heavy atom. The van der Waals surface area contributed by atoms with Gasteiger partial charge in [-0.25, -0.2) is 9.37 Å². The van der Waals surface area contributed by atoms with Crippen LogP contribution in [0.4, 0.5) is 4.39 Å². The van der Waals surface area contributed by atoms with Crippen molar-refractivity contribution in [2.45, 2.75) is 0 Å². The molecule has 0 aliphatic carbocycles. The van der Waals surface area contributed by atoms with Crippen LogP contribution in [0.25, 0.3) is 0 Å². The fourth-order valence-corrected chi connectivity index (χ4v) is 1.31. The van der Waals surface area contributed by atoms with E-state index in [0.29, 0.717) is 0 Å².